The van der Waals surface area contributed by atoms with Crippen molar-refractivity contribution in [1.82, 2.24) is 8.61 Å². The summed E-state index contributed by atoms with van der Waals surface area (Å²) in [6, 6.07) is 8.75. The SMILES string of the molecule is Cc1ccc([S+](N(C)C)N(C)C)cc1. The summed E-state index contributed by atoms with van der Waals surface area (Å²) < 4.78 is 4.48. The van der Waals surface area contributed by atoms with Gasteiger partial charge < -0.3 is 0 Å². The molecule has 0 atom stereocenters. The molecule has 0 aliphatic carbocycles. The lowest BCUT2D eigenvalue weighted by molar-refractivity contribution is 0.589. The minimum Gasteiger partial charge on any atom is -0.108 e. The molecule has 0 bridgehead atoms. The molecule has 3 heteroatoms. The Bertz CT molecular complexity index is 272. The quantitative estimate of drug-likeness (QED) is 0.705. The van der Waals surface area contributed by atoms with Gasteiger partial charge in [-0.3, -0.25) is 0 Å². The van der Waals surface area contributed by atoms with Gasteiger partial charge in [0.2, 0.25) is 11.3 Å². The molecule has 1 aromatic carbocycles. The van der Waals surface area contributed by atoms with E-state index >= 15 is 0 Å². The number of aryl methyl sites for hydroxylation is 1. The van der Waals surface area contributed by atoms with E-state index < -0.39 is 0 Å². The number of benzene rings is 1. The van der Waals surface area contributed by atoms with E-state index in [1.54, 1.807) is 0 Å². The van der Waals surface area contributed by atoms with Crippen molar-refractivity contribution in [1.29, 1.82) is 0 Å². The lowest BCUT2D eigenvalue weighted by atomic mass is 10.2. The van der Waals surface area contributed by atoms with Crippen LogP contribution in [0.25, 0.3) is 0 Å². The monoisotopic (exact) mass is 211 g/mol. The fraction of sp³-hybridized carbons (Fsp3) is 0.455. The van der Waals surface area contributed by atoms with Gasteiger partial charge in [-0.1, -0.05) is 17.7 Å². The third kappa shape index (κ3) is 2.74. The first-order chi connectivity index (χ1) is 6.52. The van der Waals surface area contributed by atoms with Crippen molar-refractivity contribution in [3.63, 3.8) is 0 Å². The van der Waals surface area contributed by atoms with Crippen LogP contribution >= 0.6 is 0 Å². The summed E-state index contributed by atoms with van der Waals surface area (Å²) in [6.45, 7) is 2.12. The Hall–Kier alpha value is -0.510. The second-order valence-electron chi connectivity index (χ2n) is 3.70. The van der Waals surface area contributed by atoms with Gasteiger partial charge in [0, 0.05) is 28.2 Å². The van der Waals surface area contributed by atoms with Gasteiger partial charge in [0.15, 0.2) is 4.90 Å². The Labute approximate surface area is 90.1 Å². The van der Waals surface area contributed by atoms with Gasteiger partial charge in [-0.15, -0.1) is 8.61 Å². The van der Waals surface area contributed by atoms with E-state index in [1.165, 1.54) is 10.5 Å². The van der Waals surface area contributed by atoms with Gasteiger partial charge in [-0.2, -0.15) is 0 Å². The molecule has 0 saturated carbocycles. The zero-order valence-corrected chi connectivity index (χ0v) is 10.4. The van der Waals surface area contributed by atoms with Crippen LogP contribution in [0.4, 0.5) is 0 Å². The maximum absolute atomic E-state index is 2.24. The molecule has 1 aromatic rings. The Morgan fingerprint density at radius 3 is 1.64 bits per heavy atom. The molecule has 0 saturated heterocycles. The zero-order chi connectivity index (χ0) is 10.7. The normalized spacial score (nSPS) is 11.7. The molecule has 1 rings (SSSR count). The summed E-state index contributed by atoms with van der Waals surface area (Å²) in [5.74, 6) is 0. The van der Waals surface area contributed by atoms with E-state index in [4.69, 9.17) is 0 Å². The molecule has 0 unspecified atom stereocenters. The lowest BCUT2D eigenvalue weighted by Crippen LogP contribution is -2.35. The van der Waals surface area contributed by atoms with Crippen molar-refractivity contribution in [3.8, 4) is 0 Å². The minimum absolute atomic E-state index is 0.0671. The third-order valence-corrected chi connectivity index (χ3v) is 4.00. The van der Waals surface area contributed by atoms with Crippen molar-refractivity contribution >= 4 is 11.3 Å². The molecule has 78 valence electrons. The summed E-state index contributed by atoms with van der Waals surface area (Å²) in [6.07, 6.45) is 0. The zero-order valence-electron chi connectivity index (χ0n) is 9.61. The van der Waals surface area contributed by atoms with E-state index in [-0.39, 0.29) is 11.3 Å². The minimum atomic E-state index is 0.0671. The first kappa shape index (κ1) is 11.6. The highest BCUT2D eigenvalue weighted by Gasteiger charge is 2.28. The van der Waals surface area contributed by atoms with Crippen molar-refractivity contribution < 1.29 is 0 Å². The summed E-state index contributed by atoms with van der Waals surface area (Å²) in [5.41, 5.74) is 1.31. The largest absolute Gasteiger partial charge is 0.207 e. The fourth-order valence-corrected chi connectivity index (χ4v) is 3.28. The third-order valence-electron chi connectivity index (χ3n) is 1.92. The van der Waals surface area contributed by atoms with E-state index in [2.05, 4.69) is 68.0 Å². The van der Waals surface area contributed by atoms with Crippen LogP contribution in [0.3, 0.4) is 0 Å². The van der Waals surface area contributed by atoms with Gasteiger partial charge >= 0.3 is 0 Å². The Morgan fingerprint density at radius 1 is 0.857 bits per heavy atom. The molecule has 0 amide bonds. The highest BCUT2D eigenvalue weighted by atomic mass is 32.2. The van der Waals surface area contributed by atoms with Gasteiger partial charge in [0.1, 0.15) is 0 Å². The molecule has 0 fully saturated rings. The molecule has 0 heterocycles. The number of nitrogens with zero attached hydrogens (tertiary/aromatic N) is 2. The predicted molar refractivity (Wildman–Crippen MR) is 64.2 cm³/mol. The topological polar surface area (TPSA) is 6.48 Å². The van der Waals surface area contributed by atoms with Crippen molar-refractivity contribution in [3.05, 3.63) is 29.8 Å². The Morgan fingerprint density at radius 2 is 1.29 bits per heavy atom. The van der Waals surface area contributed by atoms with Crippen LogP contribution in [0.2, 0.25) is 0 Å². The van der Waals surface area contributed by atoms with E-state index in [1.807, 2.05) is 0 Å². The molecular weight excluding hydrogens is 192 g/mol. The van der Waals surface area contributed by atoms with Crippen molar-refractivity contribution in [2.24, 2.45) is 0 Å². The lowest BCUT2D eigenvalue weighted by Gasteiger charge is -2.17. The molecule has 0 radical (unpaired) electrons. The molecule has 0 spiro atoms. The fourth-order valence-electron chi connectivity index (χ4n) is 1.41. The summed E-state index contributed by atoms with van der Waals surface area (Å²) in [7, 11) is 8.46. The molecule has 14 heavy (non-hydrogen) atoms. The maximum atomic E-state index is 2.24. The van der Waals surface area contributed by atoms with Crippen LogP contribution in [-0.4, -0.2) is 36.8 Å². The van der Waals surface area contributed by atoms with Crippen LogP contribution in [0.1, 0.15) is 5.56 Å². The summed E-state index contributed by atoms with van der Waals surface area (Å²) in [5, 5.41) is 0. The molecular formula is C11H19N2S+. The second kappa shape index (κ2) is 4.82. The van der Waals surface area contributed by atoms with E-state index in [9.17, 15) is 0 Å². The summed E-state index contributed by atoms with van der Waals surface area (Å²) in [4.78, 5) is 1.37. The van der Waals surface area contributed by atoms with Gasteiger partial charge in [-0.05, 0) is 19.1 Å². The molecule has 0 aliphatic rings. The molecule has 0 aromatic heterocycles. The van der Waals surface area contributed by atoms with Gasteiger partial charge in [-0.25, -0.2) is 0 Å². The van der Waals surface area contributed by atoms with Crippen LogP contribution < -0.4 is 0 Å². The average molecular weight is 211 g/mol. The first-order valence-electron chi connectivity index (χ1n) is 4.68. The smallest absolute Gasteiger partial charge is 0.108 e. The molecule has 2 nitrogen and oxygen atoms in total. The van der Waals surface area contributed by atoms with Crippen LogP contribution in [0, 0.1) is 6.92 Å². The predicted octanol–water partition coefficient (Wildman–Crippen LogP) is 1.93. The standard InChI is InChI=1S/C11H19N2S/c1-10-6-8-11(9-7-10)14(12(2)3)13(4)5/h6-9H,1-5H3/q+1. The Kier molecular flexibility index (Phi) is 3.98. The van der Waals surface area contributed by atoms with Gasteiger partial charge in [0.05, 0.1) is 0 Å². The van der Waals surface area contributed by atoms with Crippen LogP contribution in [0.15, 0.2) is 29.2 Å². The number of hydrogen-bond donors (Lipinski definition) is 0. The van der Waals surface area contributed by atoms with E-state index in [0.29, 0.717) is 0 Å². The van der Waals surface area contributed by atoms with Crippen molar-refractivity contribution in [2.45, 2.75) is 11.8 Å². The highest BCUT2D eigenvalue weighted by Crippen LogP contribution is 2.18. The van der Waals surface area contributed by atoms with E-state index in [0.717, 1.165) is 0 Å². The second-order valence-corrected chi connectivity index (χ2v) is 6.16. The summed E-state index contributed by atoms with van der Waals surface area (Å²) >= 11 is 0.0671. The van der Waals surface area contributed by atoms with Crippen LogP contribution in [-0.2, 0) is 11.3 Å². The maximum Gasteiger partial charge on any atom is 0.207 e. The van der Waals surface area contributed by atoms with Crippen LogP contribution in [0.5, 0.6) is 0 Å². The Balaban J connectivity index is 2.94. The number of hydrogen-bond acceptors (Lipinski definition) is 2. The first-order valence-corrected chi connectivity index (χ1v) is 5.82. The highest BCUT2D eigenvalue weighted by molar-refractivity contribution is 7.92. The van der Waals surface area contributed by atoms with Crippen molar-refractivity contribution in [2.75, 3.05) is 28.2 Å². The average Bonchev–Trinajstić information content (AvgIpc) is 2.07. The molecule has 0 aliphatic heterocycles. The molecule has 0 N–H and O–H groups in total. The number of rotatable bonds is 3. The van der Waals surface area contributed by atoms with Gasteiger partial charge in [0.25, 0.3) is 0 Å².